The van der Waals surface area contributed by atoms with Gasteiger partial charge in [-0.05, 0) is 24.8 Å². The summed E-state index contributed by atoms with van der Waals surface area (Å²) in [5.74, 6) is 1.36. The van der Waals surface area contributed by atoms with Crippen LogP contribution in [0.1, 0.15) is 56.4 Å². The van der Waals surface area contributed by atoms with E-state index in [1.54, 1.807) is 0 Å². The topological polar surface area (TPSA) is 35.0 Å². The van der Waals surface area contributed by atoms with Gasteiger partial charge in [0.1, 0.15) is 5.82 Å². The Morgan fingerprint density at radius 2 is 1.71 bits per heavy atom. The number of hydrogen-bond donors (Lipinski definition) is 0. The third-order valence-corrected chi connectivity index (χ3v) is 2.76. The summed E-state index contributed by atoms with van der Waals surface area (Å²) in [6.45, 7) is 11.9. The first-order valence-electron chi connectivity index (χ1n) is 6.62. The van der Waals surface area contributed by atoms with E-state index >= 15 is 0 Å². The maximum Gasteiger partial charge on any atom is 0.125 e. The predicted octanol–water partition coefficient (Wildman–Crippen LogP) is 3.05. The summed E-state index contributed by atoms with van der Waals surface area (Å²) in [5, 5.41) is 0. The van der Waals surface area contributed by atoms with Gasteiger partial charge in [-0.25, -0.2) is 9.97 Å². The van der Waals surface area contributed by atoms with Crippen molar-refractivity contribution in [2.75, 3.05) is 13.2 Å². The van der Waals surface area contributed by atoms with Crippen molar-refractivity contribution in [3.63, 3.8) is 0 Å². The lowest BCUT2D eigenvalue weighted by atomic mass is 9.99. The van der Waals surface area contributed by atoms with Gasteiger partial charge in [-0.3, -0.25) is 0 Å². The van der Waals surface area contributed by atoms with Gasteiger partial charge in [0.15, 0.2) is 0 Å². The number of fused-ring (bicyclic) bond motifs is 1. The Balaban J connectivity index is 0.000000686. The molecule has 0 atom stereocenters. The van der Waals surface area contributed by atoms with Gasteiger partial charge < -0.3 is 4.74 Å². The second-order valence-electron chi connectivity index (χ2n) is 4.35. The number of aromatic nitrogens is 2. The Hall–Kier alpha value is -0.960. The molecule has 1 aliphatic heterocycles. The van der Waals surface area contributed by atoms with Crippen LogP contribution in [-0.2, 0) is 17.6 Å². The molecule has 3 nitrogen and oxygen atoms in total. The van der Waals surface area contributed by atoms with Gasteiger partial charge in [0, 0.05) is 12.1 Å². The van der Waals surface area contributed by atoms with Crippen LogP contribution in [0.4, 0.5) is 0 Å². The van der Waals surface area contributed by atoms with Crippen molar-refractivity contribution < 1.29 is 4.74 Å². The second-order valence-corrected chi connectivity index (χ2v) is 4.35. The second kappa shape index (κ2) is 6.70. The zero-order valence-corrected chi connectivity index (χ0v) is 11.7. The Morgan fingerprint density at radius 1 is 1.06 bits per heavy atom. The van der Waals surface area contributed by atoms with Crippen LogP contribution in [-0.4, -0.2) is 23.2 Å². The summed E-state index contributed by atoms with van der Waals surface area (Å²) in [6, 6.07) is 0. The van der Waals surface area contributed by atoms with Crippen LogP contribution in [0.2, 0.25) is 0 Å². The Morgan fingerprint density at radius 3 is 2.35 bits per heavy atom. The van der Waals surface area contributed by atoms with Crippen molar-refractivity contribution in [1.82, 2.24) is 9.97 Å². The summed E-state index contributed by atoms with van der Waals surface area (Å²) < 4.78 is 5.48. The summed E-state index contributed by atoms with van der Waals surface area (Å²) in [6.07, 6.45) is 1.89. The van der Waals surface area contributed by atoms with Crippen molar-refractivity contribution in [3.8, 4) is 0 Å². The zero-order chi connectivity index (χ0) is 12.8. The SMILES string of the molecule is CC.Cc1nc2c(c(C(C)C)n1)CCOCC2. The van der Waals surface area contributed by atoms with Gasteiger partial charge in [0.25, 0.3) is 0 Å². The lowest BCUT2D eigenvalue weighted by Gasteiger charge is -2.13. The highest BCUT2D eigenvalue weighted by molar-refractivity contribution is 5.29. The average Bonchev–Trinajstić information content (AvgIpc) is 2.55. The minimum absolute atomic E-state index is 0.471. The monoisotopic (exact) mass is 236 g/mol. The number of aryl methyl sites for hydroxylation is 1. The molecule has 1 aliphatic rings. The lowest BCUT2D eigenvalue weighted by Crippen LogP contribution is -2.09. The third kappa shape index (κ3) is 3.50. The Bertz CT molecular complexity index is 361. The molecule has 2 rings (SSSR count). The van der Waals surface area contributed by atoms with E-state index in [0.29, 0.717) is 5.92 Å². The fraction of sp³-hybridized carbons (Fsp3) is 0.714. The van der Waals surface area contributed by atoms with E-state index < -0.39 is 0 Å². The first-order valence-corrected chi connectivity index (χ1v) is 6.62. The van der Waals surface area contributed by atoms with Crippen LogP contribution < -0.4 is 0 Å². The highest BCUT2D eigenvalue weighted by Crippen LogP contribution is 2.22. The molecule has 0 spiro atoms. The van der Waals surface area contributed by atoms with Crippen LogP contribution in [0.25, 0.3) is 0 Å². The molecule has 0 aliphatic carbocycles. The molecular formula is C14H24N2O. The van der Waals surface area contributed by atoms with Crippen molar-refractivity contribution in [3.05, 3.63) is 22.8 Å². The van der Waals surface area contributed by atoms with Crippen LogP contribution in [0.5, 0.6) is 0 Å². The smallest absolute Gasteiger partial charge is 0.125 e. The highest BCUT2D eigenvalue weighted by Gasteiger charge is 2.17. The standard InChI is InChI=1S/C12H18N2O.C2H6/c1-8(2)12-10-4-6-15-7-5-11(10)13-9(3)14-12;1-2/h8H,4-7H2,1-3H3;1-2H3. The molecule has 0 N–H and O–H groups in total. The predicted molar refractivity (Wildman–Crippen MR) is 70.4 cm³/mol. The van der Waals surface area contributed by atoms with E-state index in [0.717, 1.165) is 31.9 Å². The normalized spacial score (nSPS) is 14.7. The van der Waals surface area contributed by atoms with E-state index in [9.17, 15) is 0 Å². The fourth-order valence-electron chi connectivity index (χ4n) is 2.08. The van der Waals surface area contributed by atoms with E-state index in [4.69, 9.17) is 4.74 Å². The molecule has 1 aromatic rings. The molecule has 1 aromatic heterocycles. The van der Waals surface area contributed by atoms with Crippen molar-refractivity contribution in [1.29, 1.82) is 0 Å². The van der Waals surface area contributed by atoms with Gasteiger partial charge in [0.05, 0.1) is 18.9 Å². The van der Waals surface area contributed by atoms with E-state index in [1.165, 1.54) is 17.0 Å². The summed E-state index contributed by atoms with van der Waals surface area (Å²) in [7, 11) is 0. The third-order valence-electron chi connectivity index (χ3n) is 2.76. The lowest BCUT2D eigenvalue weighted by molar-refractivity contribution is 0.146. The first-order chi connectivity index (χ1) is 8.18. The number of ether oxygens (including phenoxy) is 1. The molecule has 0 saturated heterocycles. The average molecular weight is 236 g/mol. The molecular weight excluding hydrogens is 212 g/mol. The first kappa shape index (κ1) is 14.1. The minimum atomic E-state index is 0.471. The molecule has 0 radical (unpaired) electrons. The van der Waals surface area contributed by atoms with Crippen molar-refractivity contribution in [2.24, 2.45) is 0 Å². The molecule has 17 heavy (non-hydrogen) atoms. The summed E-state index contributed by atoms with van der Waals surface area (Å²) in [4.78, 5) is 9.09. The molecule has 2 heterocycles. The van der Waals surface area contributed by atoms with Crippen molar-refractivity contribution in [2.45, 2.75) is 53.4 Å². The molecule has 0 amide bonds. The Kier molecular flexibility index (Phi) is 5.56. The van der Waals surface area contributed by atoms with Gasteiger partial charge in [-0.15, -0.1) is 0 Å². The van der Waals surface area contributed by atoms with Gasteiger partial charge >= 0.3 is 0 Å². The molecule has 3 heteroatoms. The summed E-state index contributed by atoms with van der Waals surface area (Å²) in [5.41, 5.74) is 3.74. The van der Waals surface area contributed by atoms with E-state index in [1.807, 2.05) is 20.8 Å². The molecule has 96 valence electrons. The fourth-order valence-corrected chi connectivity index (χ4v) is 2.08. The summed E-state index contributed by atoms with van der Waals surface area (Å²) >= 11 is 0. The minimum Gasteiger partial charge on any atom is -0.381 e. The van der Waals surface area contributed by atoms with E-state index in [-0.39, 0.29) is 0 Å². The van der Waals surface area contributed by atoms with Gasteiger partial charge in [-0.1, -0.05) is 27.7 Å². The number of nitrogens with zero attached hydrogens (tertiary/aromatic N) is 2. The molecule has 0 bridgehead atoms. The van der Waals surface area contributed by atoms with Crippen LogP contribution in [0, 0.1) is 6.92 Å². The van der Waals surface area contributed by atoms with Crippen LogP contribution in [0.15, 0.2) is 0 Å². The largest absolute Gasteiger partial charge is 0.381 e. The van der Waals surface area contributed by atoms with Crippen LogP contribution >= 0.6 is 0 Å². The maximum atomic E-state index is 5.48. The van der Waals surface area contributed by atoms with Crippen LogP contribution in [0.3, 0.4) is 0 Å². The number of hydrogen-bond acceptors (Lipinski definition) is 3. The van der Waals surface area contributed by atoms with Gasteiger partial charge in [-0.2, -0.15) is 0 Å². The van der Waals surface area contributed by atoms with E-state index in [2.05, 4.69) is 23.8 Å². The van der Waals surface area contributed by atoms with Gasteiger partial charge in [0.2, 0.25) is 0 Å². The zero-order valence-electron chi connectivity index (χ0n) is 11.7. The quantitative estimate of drug-likeness (QED) is 0.751. The number of rotatable bonds is 1. The van der Waals surface area contributed by atoms with Crippen molar-refractivity contribution >= 4 is 0 Å². The molecule has 0 fully saturated rings. The highest BCUT2D eigenvalue weighted by atomic mass is 16.5. The molecule has 0 unspecified atom stereocenters. The maximum absolute atomic E-state index is 5.48. The molecule has 0 saturated carbocycles. The Labute approximate surface area is 105 Å². The molecule has 0 aromatic carbocycles.